The highest BCUT2D eigenvalue weighted by Crippen LogP contribution is 2.22. The molecule has 0 atom stereocenters. The molecule has 1 amide bonds. The second-order valence-electron chi connectivity index (χ2n) is 7.92. The summed E-state index contributed by atoms with van der Waals surface area (Å²) in [5, 5.41) is 8.58. The van der Waals surface area contributed by atoms with Crippen LogP contribution in [0.25, 0.3) is 0 Å². The van der Waals surface area contributed by atoms with Crippen molar-refractivity contribution < 1.29 is 9.53 Å². The SMILES string of the molecule is COc1ccc(N2CCN(c3ccc(C(=O)N4CCC(C)CC4)nn3)CC2)cc1. The zero-order valence-electron chi connectivity index (χ0n) is 17.3. The Bertz CT molecular complexity index is 808. The van der Waals surface area contributed by atoms with Gasteiger partial charge in [-0.2, -0.15) is 0 Å². The van der Waals surface area contributed by atoms with E-state index in [-0.39, 0.29) is 5.91 Å². The molecule has 0 N–H and O–H groups in total. The number of piperidine rings is 1. The van der Waals surface area contributed by atoms with E-state index in [1.807, 2.05) is 29.2 Å². The summed E-state index contributed by atoms with van der Waals surface area (Å²) in [6, 6.07) is 11.9. The van der Waals surface area contributed by atoms with E-state index in [9.17, 15) is 4.79 Å². The maximum Gasteiger partial charge on any atom is 0.274 e. The molecule has 1 aromatic heterocycles. The molecular formula is C22H29N5O2. The third-order valence-electron chi connectivity index (χ3n) is 5.98. The maximum absolute atomic E-state index is 12.6. The number of methoxy groups -OCH3 is 1. The molecule has 7 heteroatoms. The number of hydrogen-bond acceptors (Lipinski definition) is 6. The molecule has 2 fully saturated rings. The first-order chi connectivity index (χ1) is 14.1. The van der Waals surface area contributed by atoms with Crippen LogP contribution < -0.4 is 14.5 Å². The van der Waals surface area contributed by atoms with Gasteiger partial charge in [0, 0.05) is 45.0 Å². The van der Waals surface area contributed by atoms with Crippen molar-refractivity contribution in [2.24, 2.45) is 5.92 Å². The van der Waals surface area contributed by atoms with E-state index in [0.717, 1.165) is 63.7 Å². The van der Waals surface area contributed by atoms with Crippen LogP contribution >= 0.6 is 0 Å². The van der Waals surface area contributed by atoms with Crippen LogP contribution in [0.2, 0.25) is 0 Å². The molecule has 154 valence electrons. The molecule has 0 aliphatic carbocycles. The Morgan fingerprint density at radius 2 is 1.55 bits per heavy atom. The van der Waals surface area contributed by atoms with E-state index in [0.29, 0.717) is 11.6 Å². The van der Waals surface area contributed by atoms with Gasteiger partial charge in [-0.15, -0.1) is 10.2 Å². The normalized spacial score (nSPS) is 18.1. The van der Waals surface area contributed by atoms with E-state index >= 15 is 0 Å². The average molecular weight is 396 g/mol. The van der Waals surface area contributed by atoms with Crippen LogP contribution in [0, 0.1) is 5.92 Å². The van der Waals surface area contributed by atoms with Gasteiger partial charge >= 0.3 is 0 Å². The maximum atomic E-state index is 12.6. The summed E-state index contributed by atoms with van der Waals surface area (Å²) in [7, 11) is 1.68. The first-order valence-corrected chi connectivity index (χ1v) is 10.4. The third kappa shape index (κ3) is 4.44. The zero-order chi connectivity index (χ0) is 20.2. The predicted molar refractivity (Wildman–Crippen MR) is 114 cm³/mol. The highest BCUT2D eigenvalue weighted by Gasteiger charge is 2.23. The topological polar surface area (TPSA) is 61.8 Å². The van der Waals surface area contributed by atoms with Crippen LogP contribution in [0.3, 0.4) is 0 Å². The summed E-state index contributed by atoms with van der Waals surface area (Å²) in [4.78, 5) is 19.1. The van der Waals surface area contributed by atoms with Crippen molar-refractivity contribution in [1.82, 2.24) is 15.1 Å². The first-order valence-electron chi connectivity index (χ1n) is 10.4. The summed E-state index contributed by atoms with van der Waals surface area (Å²) in [6.07, 6.45) is 2.13. The quantitative estimate of drug-likeness (QED) is 0.793. The molecule has 0 unspecified atom stereocenters. The highest BCUT2D eigenvalue weighted by molar-refractivity contribution is 5.92. The average Bonchev–Trinajstić information content (AvgIpc) is 2.79. The molecule has 3 heterocycles. The van der Waals surface area contributed by atoms with Crippen LogP contribution in [-0.2, 0) is 0 Å². The number of likely N-dealkylation sites (tertiary alicyclic amines) is 1. The summed E-state index contributed by atoms with van der Waals surface area (Å²) >= 11 is 0. The fourth-order valence-corrected chi connectivity index (χ4v) is 3.97. The van der Waals surface area contributed by atoms with Crippen molar-refractivity contribution in [2.75, 3.05) is 56.2 Å². The van der Waals surface area contributed by atoms with Crippen LogP contribution in [0.5, 0.6) is 5.75 Å². The Morgan fingerprint density at radius 3 is 2.14 bits per heavy atom. The summed E-state index contributed by atoms with van der Waals surface area (Å²) in [5.41, 5.74) is 1.65. The van der Waals surface area contributed by atoms with Crippen LogP contribution in [0.15, 0.2) is 36.4 Å². The number of anilines is 2. The fourth-order valence-electron chi connectivity index (χ4n) is 3.97. The van der Waals surface area contributed by atoms with Gasteiger partial charge in [0.1, 0.15) is 5.75 Å². The molecule has 4 rings (SSSR count). The molecule has 0 saturated carbocycles. The molecule has 2 aliphatic heterocycles. The highest BCUT2D eigenvalue weighted by atomic mass is 16.5. The van der Waals surface area contributed by atoms with Crippen molar-refractivity contribution in [1.29, 1.82) is 0 Å². The zero-order valence-corrected chi connectivity index (χ0v) is 17.3. The molecule has 29 heavy (non-hydrogen) atoms. The molecule has 2 aliphatic rings. The number of piperazine rings is 1. The van der Waals surface area contributed by atoms with Crippen molar-refractivity contribution in [3.8, 4) is 5.75 Å². The number of carbonyl (C=O) groups is 1. The lowest BCUT2D eigenvalue weighted by Crippen LogP contribution is -2.47. The summed E-state index contributed by atoms with van der Waals surface area (Å²) in [5.74, 6) is 2.41. The number of ether oxygens (including phenoxy) is 1. The number of carbonyl (C=O) groups excluding carboxylic acids is 1. The number of benzene rings is 1. The number of amides is 1. The number of rotatable bonds is 4. The molecule has 0 spiro atoms. The molecule has 1 aromatic carbocycles. The van der Waals surface area contributed by atoms with Gasteiger partial charge in [-0.05, 0) is 55.2 Å². The predicted octanol–water partition coefficient (Wildman–Crippen LogP) is 2.68. The largest absolute Gasteiger partial charge is 0.497 e. The number of nitrogens with zero attached hydrogens (tertiary/aromatic N) is 5. The molecule has 0 radical (unpaired) electrons. The molecule has 7 nitrogen and oxygen atoms in total. The monoisotopic (exact) mass is 395 g/mol. The van der Waals surface area contributed by atoms with E-state index in [1.165, 1.54) is 5.69 Å². The van der Waals surface area contributed by atoms with Gasteiger partial charge in [-0.3, -0.25) is 4.79 Å². The molecule has 2 aromatic rings. The molecule has 0 bridgehead atoms. The van der Waals surface area contributed by atoms with Crippen molar-refractivity contribution in [3.05, 3.63) is 42.1 Å². The lowest BCUT2D eigenvalue weighted by molar-refractivity contribution is 0.0690. The lowest BCUT2D eigenvalue weighted by Gasteiger charge is -2.36. The second-order valence-corrected chi connectivity index (χ2v) is 7.92. The van der Waals surface area contributed by atoms with E-state index in [1.54, 1.807) is 7.11 Å². The van der Waals surface area contributed by atoms with Gasteiger partial charge in [-0.25, -0.2) is 0 Å². The van der Waals surface area contributed by atoms with Crippen LogP contribution in [0.1, 0.15) is 30.3 Å². The Morgan fingerprint density at radius 1 is 0.897 bits per heavy atom. The minimum atomic E-state index is 0.000255. The number of hydrogen-bond donors (Lipinski definition) is 0. The van der Waals surface area contributed by atoms with E-state index in [2.05, 4.69) is 39.1 Å². The van der Waals surface area contributed by atoms with Crippen molar-refractivity contribution >= 4 is 17.4 Å². The Labute approximate surface area is 172 Å². The minimum Gasteiger partial charge on any atom is -0.497 e. The van der Waals surface area contributed by atoms with Crippen molar-refractivity contribution in [3.63, 3.8) is 0 Å². The Hall–Kier alpha value is -2.83. The Kier molecular flexibility index (Phi) is 5.83. The summed E-state index contributed by atoms with van der Waals surface area (Å²) in [6.45, 7) is 7.45. The smallest absolute Gasteiger partial charge is 0.274 e. The Balaban J connectivity index is 1.33. The first kappa shape index (κ1) is 19.5. The van der Waals surface area contributed by atoms with Crippen LogP contribution in [-0.4, -0.2) is 67.4 Å². The minimum absolute atomic E-state index is 0.000255. The van der Waals surface area contributed by atoms with Crippen LogP contribution in [0.4, 0.5) is 11.5 Å². The molecular weight excluding hydrogens is 366 g/mol. The third-order valence-corrected chi connectivity index (χ3v) is 5.98. The molecule has 2 saturated heterocycles. The van der Waals surface area contributed by atoms with E-state index in [4.69, 9.17) is 4.74 Å². The van der Waals surface area contributed by atoms with Gasteiger partial charge in [0.05, 0.1) is 7.11 Å². The fraction of sp³-hybridized carbons (Fsp3) is 0.500. The second kappa shape index (κ2) is 8.68. The lowest BCUT2D eigenvalue weighted by atomic mass is 9.99. The number of aromatic nitrogens is 2. The van der Waals surface area contributed by atoms with Gasteiger partial charge in [-0.1, -0.05) is 6.92 Å². The van der Waals surface area contributed by atoms with Gasteiger partial charge < -0.3 is 19.4 Å². The summed E-state index contributed by atoms with van der Waals surface area (Å²) < 4.78 is 5.23. The van der Waals surface area contributed by atoms with Gasteiger partial charge in [0.25, 0.3) is 5.91 Å². The van der Waals surface area contributed by atoms with E-state index < -0.39 is 0 Å². The van der Waals surface area contributed by atoms with Crippen molar-refractivity contribution in [2.45, 2.75) is 19.8 Å². The standard InChI is InChI=1S/C22H29N5O2/c1-17-9-11-27(12-10-17)22(28)20-7-8-21(24-23-20)26-15-13-25(14-16-26)18-3-5-19(29-2)6-4-18/h3-8,17H,9-16H2,1-2H3. The van der Waals surface area contributed by atoms with Gasteiger partial charge in [0.2, 0.25) is 0 Å². The van der Waals surface area contributed by atoms with Gasteiger partial charge in [0.15, 0.2) is 11.5 Å².